The van der Waals surface area contributed by atoms with E-state index in [0.717, 1.165) is 21.8 Å². The van der Waals surface area contributed by atoms with Crippen molar-refractivity contribution in [3.8, 4) is 12.1 Å². The first kappa shape index (κ1) is 12.3. The number of fused-ring (bicyclic) bond motifs is 3. The third-order valence-electron chi connectivity index (χ3n) is 3.58. The zero-order valence-corrected chi connectivity index (χ0v) is 11.4. The van der Waals surface area contributed by atoms with Gasteiger partial charge in [-0.05, 0) is 50.2 Å². The number of aromatic nitrogens is 1. The second-order valence-corrected chi connectivity index (χ2v) is 5.15. The quantitative estimate of drug-likeness (QED) is 0.660. The van der Waals surface area contributed by atoms with Crippen molar-refractivity contribution in [1.82, 2.24) is 4.57 Å². The summed E-state index contributed by atoms with van der Waals surface area (Å²) < 4.78 is 2.24. The van der Waals surface area contributed by atoms with Gasteiger partial charge in [0.25, 0.3) is 0 Å². The molecule has 96 valence electrons. The topological polar surface area (TPSA) is 52.5 Å². The Morgan fingerprint density at radius 3 is 1.65 bits per heavy atom. The van der Waals surface area contributed by atoms with Crippen LogP contribution in [0.25, 0.3) is 21.8 Å². The molecule has 2 aromatic carbocycles. The summed E-state index contributed by atoms with van der Waals surface area (Å²) in [6, 6.07) is 16.1. The van der Waals surface area contributed by atoms with Crippen LogP contribution in [-0.2, 0) is 0 Å². The second kappa shape index (κ2) is 4.40. The summed E-state index contributed by atoms with van der Waals surface area (Å²) in [4.78, 5) is 0. The summed E-state index contributed by atoms with van der Waals surface area (Å²) in [6.45, 7) is 4.27. The highest BCUT2D eigenvalue weighted by atomic mass is 15.0. The molecule has 3 heteroatoms. The van der Waals surface area contributed by atoms with Gasteiger partial charge in [0.2, 0.25) is 0 Å². The van der Waals surface area contributed by atoms with Gasteiger partial charge < -0.3 is 4.57 Å². The summed E-state index contributed by atoms with van der Waals surface area (Å²) in [6.07, 6.45) is 0. The molecular formula is C17H13N3. The second-order valence-electron chi connectivity index (χ2n) is 5.15. The Balaban J connectivity index is 2.53. The van der Waals surface area contributed by atoms with E-state index in [2.05, 4.69) is 30.6 Å². The smallest absolute Gasteiger partial charge is 0.0991 e. The first-order valence-corrected chi connectivity index (χ1v) is 6.53. The van der Waals surface area contributed by atoms with Crippen LogP contribution in [0, 0.1) is 22.7 Å². The zero-order valence-electron chi connectivity index (χ0n) is 11.4. The highest BCUT2D eigenvalue weighted by Gasteiger charge is 2.13. The average molecular weight is 259 g/mol. The number of hydrogen-bond acceptors (Lipinski definition) is 2. The predicted molar refractivity (Wildman–Crippen MR) is 79.3 cm³/mol. The van der Waals surface area contributed by atoms with E-state index in [1.165, 1.54) is 0 Å². The van der Waals surface area contributed by atoms with E-state index in [0.29, 0.717) is 17.2 Å². The Kier molecular flexibility index (Phi) is 2.70. The Hall–Kier alpha value is -2.78. The van der Waals surface area contributed by atoms with E-state index >= 15 is 0 Å². The summed E-state index contributed by atoms with van der Waals surface area (Å²) in [5.74, 6) is 0. The number of benzene rings is 2. The molecule has 0 atom stereocenters. The van der Waals surface area contributed by atoms with E-state index in [1.807, 2.05) is 36.4 Å². The number of nitrogens with zero attached hydrogens (tertiary/aromatic N) is 3. The van der Waals surface area contributed by atoms with Crippen LogP contribution < -0.4 is 0 Å². The Bertz CT molecular complexity index is 831. The average Bonchev–Trinajstić information content (AvgIpc) is 2.79. The number of hydrogen-bond donors (Lipinski definition) is 0. The fraction of sp³-hybridized carbons (Fsp3) is 0.176. The van der Waals surface area contributed by atoms with E-state index in [1.54, 1.807) is 0 Å². The van der Waals surface area contributed by atoms with Crippen molar-refractivity contribution in [3.05, 3.63) is 47.5 Å². The van der Waals surface area contributed by atoms with Crippen molar-refractivity contribution in [3.63, 3.8) is 0 Å². The van der Waals surface area contributed by atoms with E-state index in [9.17, 15) is 0 Å². The van der Waals surface area contributed by atoms with Crippen LogP contribution in [0.15, 0.2) is 36.4 Å². The lowest BCUT2D eigenvalue weighted by Gasteiger charge is -2.11. The van der Waals surface area contributed by atoms with Gasteiger partial charge >= 0.3 is 0 Å². The minimum Gasteiger partial charge on any atom is -0.338 e. The van der Waals surface area contributed by atoms with Crippen LogP contribution in [0.2, 0.25) is 0 Å². The summed E-state index contributed by atoms with van der Waals surface area (Å²) in [7, 11) is 0. The lowest BCUT2D eigenvalue weighted by molar-refractivity contribution is 0.642. The maximum absolute atomic E-state index is 9.08. The third kappa shape index (κ3) is 1.65. The maximum Gasteiger partial charge on any atom is 0.0991 e. The molecule has 0 amide bonds. The normalized spacial score (nSPS) is 10.8. The SMILES string of the molecule is CC(C)n1c2ccc(C#N)cc2c2cc(C#N)ccc21. The van der Waals surface area contributed by atoms with Gasteiger partial charge in [-0.1, -0.05) is 0 Å². The lowest BCUT2D eigenvalue weighted by Crippen LogP contribution is -1.99. The maximum atomic E-state index is 9.08. The molecule has 0 saturated carbocycles. The molecule has 0 aliphatic rings. The van der Waals surface area contributed by atoms with Gasteiger partial charge in [0.15, 0.2) is 0 Å². The van der Waals surface area contributed by atoms with Crippen molar-refractivity contribution < 1.29 is 0 Å². The summed E-state index contributed by atoms with van der Waals surface area (Å²) >= 11 is 0. The molecule has 0 unspecified atom stereocenters. The summed E-state index contributed by atoms with van der Waals surface area (Å²) in [5.41, 5.74) is 3.48. The van der Waals surface area contributed by atoms with Crippen LogP contribution in [0.4, 0.5) is 0 Å². The van der Waals surface area contributed by atoms with Gasteiger partial charge in [-0.2, -0.15) is 10.5 Å². The van der Waals surface area contributed by atoms with Crippen LogP contribution in [0.5, 0.6) is 0 Å². The Labute approximate surface area is 117 Å². The van der Waals surface area contributed by atoms with Crippen LogP contribution in [-0.4, -0.2) is 4.57 Å². The Morgan fingerprint density at radius 1 is 0.850 bits per heavy atom. The molecule has 0 aliphatic heterocycles. The van der Waals surface area contributed by atoms with Gasteiger partial charge in [-0.15, -0.1) is 0 Å². The molecule has 0 radical (unpaired) electrons. The minimum absolute atomic E-state index is 0.316. The van der Waals surface area contributed by atoms with E-state index in [4.69, 9.17) is 10.5 Å². The first-order chi connectivity index (χ1) is 9.65. The van der Waals surface area contributed by atoms with Gasteiger partial charge in [0, 0.05) is 27.8 Å². The van der Waals surface area contributed by atoms with Crippen LogP contribution in [0.3, 0.4) is 0 Å². The molecule has 1 heterocycles. The Morgan fingerprint density at radius 2 is 1.30 bits per heavy atom. The van der Waals surface area contributed by atoms with Crippen molar-refractivity contribution in [2.45, 2.75) is 19.9 Å². The van der Waals surface area contributed by atoms with E-state index < -0.39 is 0 Å². The highest BCUT2D eigenvalue weighted by molar-refractivity contribution is 6.09. The molecule has 3 rings (SSSR count). The molecule has 0 saturated heterocycles. The molecule has 0 spiro atoms. The molecule has 0 aliphatic carbocycles. The lowest BCUT2D eigenvalue weighted by atomic mass is 10.1. The predicted octanol–water partition coefficient (Wildman–Crippen LogP) is 4.12. The standard InChI is InChI=1S/C17H13N3/c1-11(2)20-16-5-3-12(9-18)7-14(16)15-8-13(10-19)4-6-17(15)20/h3-8,11H,1-2H3. The number of rotatable bonds is 1. The largest absolute Gasteiger partial charge is 0.338 e. The van der Waals surface area contributed by atoms with Gasteiger partial charge in [-0.3, -0.25) is 0 Å². The van der Waals surface area contributed by atoms with Crippen LogP contribution in [0.1, 0.15) is 31.0 Å². The molecular weight excluding hydrogens is 246 g/mol. The van der Waals surface area contributed by atoms with Crippen molar-refractivity contribution in [1.29, 1.82) is 10.5 Å². The van der Waals surface area contributed by atoms with Crippen molar-refractivity contribution in [2.75, 3.05) is 0 Å². The zero-order chi connectivity index (χ0) is 14.3. The van der Waals surface area contributed by atoms with Gasteiger partial charge in [-0.25, -0.2) is 0 Å². The minimum atomic E-state index is 0.316. The molecule has 0 fully saturated rings. The van der Waals surface area contributed by atoms with Crippen molar-refractivity contribution >= 4 is 21.8 Å². The molecule has 20 heavy (non-hydrogen) atoms. The first-order valence-electron chi connectivity index (χ1n) is 6.53. The summed E-state index contributed by atoms with van der Waals surface area (Å²) in [5, 5.41) is 20.2. The highest BCUT2D eigenvalue weighted by Crippen LogP contribution is 2.32. The van der Waals surface area contributed by atoms with Gasteiger partial charge in [0.1, 0.15) is 0 Å². The fourth-order valence-electron chi connectivity index (χ4n) is 2.75. The van der Waals surface area contributed by atoms with Gasteiger partial charge in [0.05, 0.1) is 23.3 Å². The number of nitriles is 2. The van der Waals surface area contributed by atoms with E-state index in [-0.39, 0.29) is 0 Å². The third-order valence-corrected chi connectivity index (χ3v) is 3.58. The molecule has 1 aromatic heterocycles. The van der Waals surface area contributed by atoms with Crippen molar-refractivity contribution in [2.24, 2.45) is 0 Å². The molecule has 0 bridgehead atoms. The monoisotopic (exact) mass is 259 g/mol. The van der Waals surface area contributed by atoms with Crippen LogP contribution >= 0.6 is 0 Å². The molecule has 3 aromatic rings. The fourth-order valence-corrected chi connectivity index (χ4v) is 2.75. The molecule has 3 nitrogen and oxygen atoms in total. The molecule has 0 N–H and O–H groups in total.